The molecule has 0 radical (unpaired) electrons. The smallest absolute Gasteiger partial charge is 0.317 e. The molecule has 39 heavy (non-hydrogen) atoms. The second kappa shape index (κ2) is 13.8. The van der Waals surface area contributed by atoms with Crippen LogP contribution >= 0.6 is 12.4 Å². The summed E-state index contributed by atoms with van der Waals surface area (Å²) in [5, 5.41) is 11.2. The number of carbonyl (C=O) groups excluding carboxylic acids is 4. The first-order valence-corrected chi connectivity index (χ1v) is 13.2. The number of alkyl halides is 1. The van der Waals surface area contributed by atoms with Gasteiger partial charge in [0.15, 0.2) is 0 Å². The Bertz CT molecular complexity index is 1050. The highest BCUT2D eigenvalue weighted by molar-refractivity contribution is 5.94. The molecule has 0 spiro atoms. The molecule has 1 aromatic carbocycles. The van der Waals surface area contributed by atoms with Crippen molar-refractivity contribution in [3.8, 4) is 5.75 Å². The van der Waals surface area contributed by atoms with Gasteiger partial charge in [0.25, 0.3) is 0 Å². The number of amides is 5. The first-order valence-electron chi connectivity index (χ1n) is 13.2. The number of rotatable bonds is 7. The highest BCUT2D eigenvalue weighted by Crippen LogP contribution is 2.33. The van der Waals surface area contributed by atoms with Crippen LogP contribution in [0.15, 0.2) is 24.3 Å². The van der Waals surface area contributed by atoms with Crippen molar-refractivity contribution in [3.63, 3.8) is 0 Å². The monoisotopic (exact) mass is 568 g/mol. The van der Waals surface area contributed by atoms with Gasteiger partial charge >= 0.3 is 6.03 Å². The van der Waals surface area contributed by atoms with Crippen molar-refractivity contribution in [3.05, 3.63) is 29.8 Å². The summed E-state index contributed by atoms with van der Waals surface area (Å²) < 4.78 is 18.4. The molecule has 11 nitrogen and oxygen atoms in total. The maximum atomic E-state index is 13.9. The standard InChI is InChI=1S/C26H37FN6O5.ClH/c1-16(28-2)23(34)31-20-15-32(26(37)29-12-11-27)13-9-17-7-8-21(33(17)25(20)36)24(35)30-19-10-14-38-22-6-4-3-5-18(19)22;/h3-6,16-17,19-21,28H,7-15H2,1-2H3,(H,29,37)(H,30,35)(H,31,34);1H/t16-,17+,19+,20-,21-;/m0./s1. The Morgan fingerprint density at radius 1 is 1.10 bits per heavy atom. The lowest BCUT2D eigenvalue weighted by Crippen LogP contribution is -2.63. The van der Waals surface area contributed by atoms with E-state index < -0.39 is 42.6 Å². The summed E-state index contributed by atoms with van der Waals surface area (Å²) in [6.45, 7) is 1.53. The zero-order valence-electron chi connectivity index (χ0n) is 22.3. The number of halogens is 2. The van der Waals surface area contributed by atoms with Crippen molar-refractivity contribution in [1.29, 1.82) is 0 Å². The molecule has 3 aliphatic heterocycles. The third-order valence-electron chi connectivity index (χ3n) is 7.57. The van der Waals surface area contributed by atoms with Crippen LogP contribution in [0, 0.1) is 0 Å². The van der Waals surface area contributed by atoms with Crippen LogP contribution in [0.3, 0.4) is 0 Å². The van der Waals surface area contributed by atoms with E-state index in [1.807, 2.05) is 24.3 Å². The summed E-state index contributed by atoms with van der Waals surface area (Å²) in [7, 11) is 1.63. The second-order valence-corrected chi connectivity index (χ2v) is 9.96. The molecule has 2 fully saturated rings. The number of nitrogens with one attached hydrogen (secondary N) is 4. The number of urea groups is 1. The van der Waals surface area contributed by atoms with E-state index in [1.165, 1.54) is 4.90 Å². The number of benzene rings is 1. The Labute approximate surface area is 234 Å². The molecule has 3 aliphatic rings. The lowest BCUT2D eigenvalue weighted by Gasteiger charge is -2.39. The van der Waals surface area contributed by atoms with Gasteiger partial charge in [0, 0.05) is 31.1 Å². The van der Waals surface area contributed by atoms with Gasteiger partial charge in [-0.1, -0.05) is 18.2 Å². The molecule has 0 unspecified atom stereocenters. The number of para-hydroxylation sites is 1. The van der Waals surface area contributed by atoms with Gasteiger partial charge in [0.2, 0.25) is 17.7 Å². The van der Waals surface area contributed by atoms with Gasteiger partial charge in [-0.2, -0.15) is 0 Å². The minimum absolute atomic E-state index is 0. The summed E-state index contributed by atoms with van der Waals surface area (Å²) in [4.78, 5) is 55.8. The summed E-state index contributed by atoms with van der Waals surface area (Å²) >= 11 is 0. The quantitative estimate of drug-likeness (QED) is 0.386. The van der Waals surface area contributed by atoms with Gasteiger partial charge < -0.3 is 35.8 Å². The zero-order valence-corrected chi connectivity index (χ0v) is 23.1. The first kappa shape index (κ1) is 30.4. The summed E-state index contributed by atoms with van der Waals surface area (Å²) in [6, 6.07) is 4.30. The lowest BCUT2D eigenvalue weighted by atomic mass is 10.00. The first-order chi connectivity index (χ1) is 18.3. The van der Waals surface area contributed by atoms with Gasteiger partial charge in [-0.05, 0) is 39.3 Å². The van der Waals surface area contributed by atoms with Crippen LogP contribution in [0.2, 0.25) is 0 Å². The van der Waals surface area contributed by atoms with Crippen LogP contribution in [-0.4, -0.2) is 97.7 Å². The molecule has 13 heteroatoms. The summed E-state index contributed by atoms with van der Waals surface area (Å²) in [5.41, 5.74) is 0.904. The Morgan fingerprint density at radius 2 is 1.87 bits per heavy atom. The van der Waals surface area contributed by atoms with Crippen LogP contribution < -0.4 is 26.0 Å². The predicted octanol–water partition coefficient (Wildman–Crippen LogP) is 0.885. The highest BCUT2D eigenvalue weighted by Gasteiger charge is 2.46. The molecule has 5 atom stereocenters. The van der Waals surface area contributed by atoms with Crippen LogP contribution in [-0.2, 0) is 14.4 Å². The van der Waals surface area contributed by atoms with Gasteiger partial charge in [-0.15, -0.1) is 12.4 Å². The molecule has 1 aromatic rings. The second-order valence-electron chi connectivity index (χ2n) is 9.96. The number of ether oxygens (including phenoxy) is 1. The molecule has 0 aromatic heterocycles. The Hall–Kier alpha value is -3.12. The molecule has 216 valence electrons. The van der Waals surface area contributed by atoms with Crippen LogP contribution in [0.25, 0.3) is 0 Å². The molecule has 0 saturated carbocycles. The van der Waals surface area contributed by atoms with Gasteiger partial charge in [0.05, 0.1) is 25.2 Å². The van der Waals surface area contributed by atoms with Crippen molar-refractivity contribution < 1.29 is 28.3 Å². The normalized spacial score (nSPS) is 25.1. The zero-order chi connectivity index (χ0) is 27.2. The SMILES string of the molecule is CN[C@@H](C)C(=O)N[C@H]1CN(C(=O)NCCF)CC[C@H]2CC[C@@H](C(=O)N[C@@H]3CCOc4ccccc43)N2C1=O.Cl. The Kier molecular flexibility index (Phi) is 10.8. The van der Waals surface area contributed by atoms with Crippen LogP contribution in [0.1, 0.15) is 44.2 Å². The summed E-state index contributed by atoms with van der Waals surface area (Å²) in [5.74, 6) is -0.302. The highest BCUT2D eigenvalue weighted by atomic mass is 35.5. The van der Waals surface area contributed by atoms with Crippen molar-refractivity contribution >= 4 is 36.2 Å². The van der Waals surface area contributed by atoms with E-state index in [4.69, 9.17) is 4.74 Å². The van der Waals surface area contributed by atoms with E-state index in [2.05, 4.69) is 21.3 Å². The predicted molar refractivity (Wildman–Crippen MR) is 144 cm³/mol. The Morgan fingerprint density at radius 3 is 2.62 bits per heavy atom. The van der Waals surface area contributed by atoms with E-state index in [9.17, 15) is 23.6 Å². The van der Waals surface area contributed by atoms with Gasteiger partial charge in [-0.25, -0.2) is 9.18 Å². The number of carbonyl (C=O) groups is 4. The number of nitrogens with zero attached hydrogens (tertiary/aromatic N) is 2. The van der Waals surface area contributed by atoms with Crippen molar-refractivity contribution in [2.75, 3.05) is 40.0 Å². The minimum Gasteiger partial charge on any atom is -0.493 e. The molecule has 4 N–H and O–H groups in total. The number of hydrogen-bond acceptors (Lipinski definition) is 6. The summed E-state index contributed by atoms with van der Waals surface area (Å²) in [6.07, 6.45) is 2.18. The third-order valence-corrected chi connectivity index (χ3v) is 7.57. The number of fused-ring (bicyclic) bond motifs is 2. The molecule has 4 rings (SSSR count). The van der Waals surface area contributed by atoms with Crippen molar-refractivity contribution in [2.24, 2.45) is 0 Å². The van der Waals surface area contributed by atoms with E-state index >= 15 is 0 Å². The van der Waals surface area contributed by atoms with Crippen molar-refractivity contribution in [1.82, 2.24) is 31.1 Å². The molecule has 3 heterocycles. The molecular weight excluding hydrogens is 531 g/mol. The average Bonchev–Trinajstić information content (AvgIpc) is 3.35. The minimum atomic E-state index is -1.05. The molecule has 2 saturated heterocycles. The van der Waals surface area contributed by atoms with E-state index in [1.54, 1.807) is 18.9 Å². The maximum absolute atomic E-state index is 13.9. The lowest BCUT2D eigenvalue weighted by molar-refractivity contribution is -0.145. The number of hydrogen-bond donors (Lipinski definition) is 4. The van der Waals surface area contributed by atoms with E-state index in [0.717, 1.165) is 11.3 Å². The number of likely N-dealkylation sites (N-methyl/N-ethyl adjacent to an activating group) is 1. The molecule has 0 aliphatic carbocycles. The van der Waals surface area contributed by atoms with Crippen LogP contribution in [0.5, 0.6) is 5.75 Å². The van der Waals surface area contributed by atoms with Crippen LogP contribution in [0.4, 0.5) is 9.18 Å². The fourth-order valence-electron chi connectivity index (χ4n) is 5.38. The van der Waals surface area contributed by atoms with Gasteiger partial charge in [-0.3, -0.25) is 14.4 Å². The topological polar surface area (TPSA) is 132 Å². The average molecular weight is 569 g/mol. The fraction of sp³-hybridized carbons (Fsp3) is 0.615. The molecular formula is C26H38ClFN6O5. The molecule has 5 amide bonds. The third kappa shape index (κ3) is 6.91. The molecule has 0 bridgehead atoms. The Balaban J connectivity index is 0.00000420. The van der Waals surface area contributed by atoms with E-state index in [-0.39, 0.29) is 43.5 Å². The maximum Gasteiger partial charge on any atom is 0.317 e. The van der Waals surface area contributed by atoms with Crippen molar-refractivity contribution in [2.45, 2.75) is 62.8 Å². The van der Waals surface area contributed by atoms with Gasteiger partial charge in [0.1, 0.15) is 24.5 Å². The fourth-order valence-corrected chi connectivity index (χ4v) is 5.38. The largest absolute Gasteiger partial charge is 0.493 e. The van der Waals surface area contributed by atoms with E-state index in [0.29, 0.717) is 38.8 Å².